The smallest absolute Gasteiger partial charge is 0.314 e. The summed E-state index contributed by atoms with van der Waals surface area (Å²) in [7, 11) is 0. The maximum absolute atomic E-state index is 13.8. The molecule has 0 saturated heterocycles. The number of carbonyl (C=O) groups is 1. The van der Waals surface area contributed by atoms with Gasteiger partial charge >= 0.3 is 5.97 Å². The predicted octanol–water partition coefficient (Wildman–Crippen LogP) is 6.01. The summed E-state index contributed by atoms with van der Waals surface area (Å²) in [5.41, 5.74) is -0.653. The normalized spacial score (nSPS) is 33.9. The highest BCUT2D eigenvalue weighted by Crippen LogP contribution is 2.53. The molecule has 0 bridgehead atoms. The van der Waals surface area contributed by atoms with E-state index >= 15 is 0 Å². The van der Waals surface area contributed by atoms with Gasteiger partial charge in [0, 0.05) is 12.1 Å². The molecule has 1 aromatic carbocycles. The molecule has 0 radical (unpaired) electrons. The summed E-state index contributed by atoms with van der Waals surface area (Å²) >= 11 is 0. The lowest BCUT2D eigenvalue weighted by Crippen LogP contribution is -2.42. The topological polar surface area (TPSA) is 50.1 Å². The molecule has 3 fully saturated rings. The molecular weight excluding hydrogens is 372 g/mol. The summed E-state index contributed by atoms with van der Waals surface area (Å²) < 4.78 is 32.9. The van der Waals surface area contributed by atoms with Crippen LogP contribution in [0.1, 0.15) is 70.3 Å². The lowest BCUT2D eigenvalue weighted by molar-refractivity contribution is -0.142. The second-order valence-corrected chi connectivity index (χ2v) is 9.32. The fraction of sp³-hybridized carbons (Fsp3) is 0.667. The number of hydrogen-bond acceptors (Lipinski definition) is 3. The maximum Gasteiger partial charge on any atom is 0.314 e. The Labute approximate surface area is 171 Å². The first-order valence-corrected chi connectivity index (χ1v) is 11.1. The van der Waals surface area contributed by atoms with Crippen LogP contribution in [-0.2, 0) is 4.79 Å². The summed E-state index contributed by atoms with van der Waals surface area (Å²) in [4.78, 5) is 12.7. The Hall–Kier alpha value is -1.96. The summed E-state index contributed by atoms with van der Waals surface area (Å²) in [6.07, 6.45) is 10.5. The van der Waals surface area contributed by atoms with Crippen LogP contribution >= 0.6 is 0 Å². The van der Waals surface area contributed by atoms with Gasteiger partial charge in [-0.2, -0.15) is 5.26 Å². The number of fused-ring (bicyclic) bond motifs is 3. The molecule has 1 aromatic rings. The van der Waals surface area contributed by atoms with Crippen molar-refractivity contribution in [2.24, 2.45) is 35.5 Å². The zero-order chi connectivity index (χ0) is 20.5. The average Bonchev–Trinajstić information content (AvgIpc) is 2.72. The number of nitriles is 1. The number of ether oxygens (including phenoxy) is 1. The van der Waals surface area contributed by atoms with Gasteiger partial charge in [-0.15, -0.1) is 0 Å². The van der Waals surface area contributed by atoms with Crippen LogP contribution < -0.4 is 4.74 Å². The van der Waals surface area contributed by atoms with E-state index in [2.05, 4.69) is 6.92 Å². The van der Waals surface area contributed by atoms with E-state index in [1.165, 1.54) is 44.6 Å². The highest BCUT2D eigenvalue weighted by atomic mass is 19.1. The Kier molecular flexibility index (Phi) is 5.90. The highest BCUT2D eigenvalue weighted by molar-refractivity contribution is 5.75. The van der Waals surface area contributed by atoms with E-state index in [0.717, 1.165) is 55.1 Å². The van der Waals surface area contributed by atoms with Gasteiger partial charge in [0.05, 0.1) is 5.92 Å². The lowest BCUT2D eigenvalue weighted by atomic mass is 9.55. The summed E-state index contributed by atoms with van der Waals surface area (Å²) in [5.74, 6) is 1.10. The van der Waals surface area contributed by atoms with E-state index in [-0.39, 0.29) is 11.7 Å². The molecule has 3 saturated carbocycles. The molecule has 6 unspecified atom stereocenters. The SMILES string of the molecule is CCC1CCC2C(CCC3CC(C(=O)Oc4cc(F)c(C#N)c(F)c4)CCC32)C1. The van der Waals surface area contributed by atoms with Crippen LogP contribution in [0.4, 0.5) is 8.78 Å². The maximum atomic E-state index is 13.8. The van der Waals surface area contributed by atoms with Crippen molar-refractivity contribution in [1.29, 1.82) is 5.26 Å². The Balaban J connectivity index is 1.38. The molecule has 3 aliphatic carbocycles. The minimum absolute atomic E-state index is 0.160. The standard InChI is InChI=1S/C24H29F2NO2/c1-2-14-3-7-19-15(9-14)4-5-16-10-17(6-8-20(16)19)24(28)29-18-11-22(25)21(13-27)23(26)12-18/h11-12,14-17,19-20H,2-10H2,1H3. The molecular formula is C24H29F2NO2. The number of carbonyl (C=O) groups excluding carboxylic acids is 1. The van der Waals surface area contributed by atoms with E-state index in [0.29, 0.717) is 5.92 Å². The highest BCUT2D eigenvalue weighted by Gasteiger charge is 2.45. The van der Waals surface area contributed by atoms with Gasteiger partial charge in [0.15, 0.2) is 0 Å². The van der Waals surface area contributed by atoms with Crippen LogP contribution in [-0.4, -0.2) is 5.97 Å². The van der Waals surface area contributed by atoms with Gasteiger partial charge in [0.2, 0.25) is 0 Å². The molecule has 0 N–H and O–H groups in total. The predicted molar refractivity (Wildman–Crippen MR) is 105 cm³/mol. The van der Waals surface area contributed by atoms with Crippen molar-refractivity contribution in [3.63, 3.8) is 0 Å². The third kappa shape index (κ3) is 4.04. The first-order chi connectivity index (χ1) is 14.0. The van der Waals surface area contributed by atoms with Crippen molar-refractivity contribution in [3.05, 3.63) is 29.3 Å². The fourth-order valence-electron chi connectivity index (χ4n) is 6.39. The zero-order valence-electron chi connectivity index (χ0n) is 17.0. The summed E-state index contributed by atoms with van der Waals surface area (Å²) in [6, 6.07) is 3.32. The zero-order valence-corrected chi connectivity index (χ0v) is 17.0. The van der Waals surface area contributed by atoms with E-state index in [1.54, 1.807) is 0 Å². The molecule has 0 aromatic heterocycles. The third-order valence-corrected chi connectivity index (χ3v) is 7.91. The molecule has 3 aliphatic rings. The van der Waals surface area contributed by atoms with Gasteiger partial charge in [-0.25, -0.2) is 8.78 Å². The number of nitrogens with zero attached hydrogens (tertiary/aromatic N) is 1. The number of rotatable bonds is 3. The second-order valence-electron chi connectivity index (χ2n) is 9.32. The van der Waals surface area contributed by atoms with Crippen molar-refractivity contribution >= 4 is 5.97 Å². The minimum Gasteiger partial charge on any atom is -0.426 e. The van der Waals surface area contributed by atoms with Crippen LogP contribution in [0.5, 0.6) is 5.75 Å². The van der Waals surface area contributed by atoms with E-state index in [1.807, 2.05) is 0 Å². The molecule has 29 heavy (non-hydrogen) atoms. The Bertz CT molecular complexity index is 795. The third-order valence-electron chi connectivity index (χ3n) is 7.91. The first-order valence-electron chi connectivity index (χ1n) is 11.1. The van der Waals surface area contributed by atoms with E-state index in [4.69, 9.17) is 10.00 Å². The summed E-state index contributed by atoms with van der Waals surface area (Å²) in [6.45, 7) is 2.30. The van der Waals surface area contributed by atoms with Crippen molar-refractivity contribution in [2.45, 2.75) is 64.7 Å². The molecule has 156 valence electrons. The number of halogens is 2. The number of hydrogen-bond donors (Lipinski definition) is 0. The summed E-state index contributed by atoms with van der Waals surface area (Å²) in [5, 5.41) is 8.76. The van der Waals surface area contributed by atoms with Crippen molar-refractivity contribution < 1.29 is 18.3 Å². The Morgan fingerprint density at radius 2 is 1.66 bits per heavy atom. The van der Waals surface area contributed by atoms with E-state index < -0.39 is 23.2 Å². The first kappa shape index (κ1) is 20.3. The molecule has 4 rings (SSSR count). The lowest BCUT2D eigenvalue weighted by Gasteiger charge is -2.50. The largest absolute Gasteiger partial charge is 0.426 e. The monoisotopic (exact) mass is 401 g/mol. The van der Waals surface area contributed by atoms with Gasteiger partial charge in [-0.1, -0.05) is 19.8 Å². The Morgan fingerprint density at radius 3 is 2.28 bits per heavy atom. The molecule has 0 spiro atoms. The average molecular weight is 401 g/mol. The van der Waals surface area contributed by atoms with Crippen molar-refractivity contribution in [3.8, 4) is 11.8 Å². The fourth-order valence-corrected chi connectivity index (χ4v) is 6.39. The van der Waals surface area contributed by atoms with Crippen LogP contribution in [0, 0.1) is 58.5 Å². The molecule has 0 amide bonds. The molecule has 5 heteroatoms. The number of benzene rings is 1. The van der Waals surface area contributed by atoms with Crippen molar-refractivity contribution in [1.82, 2.24) is 0 Å². The van der Waals surface area contributed by atoms with Crippen LogP contribution in [0.2, 0.25) is 0 Å². The van der Waals surface area contributed by atoms with Gasteiger partial charge in [-0.3, -0.25) is 4.79 Å². The minimum atomic E-state index is -1.000. The molecule has 0 aliphatic heterocycles. The van der Waals surface area contributed by atoms with Gasteiger partial charge in [-0.05, 0) is 74.5 Å². The van der Waals surface area contributed by atoms with Crippen LogP contribution in [0.15, 0.2) is 12.1 Å². The molecule has 3 nitrogen and oxygen atoms in total. The number of esters is 1. The van der Waals surface area contributed by atoms with Gasteiger partial charge < -0.3 is 4.74 Å². The van der Waals surface area contributed by atoms with E-state index in [9.17, 15) is 13.6 Å². The van der Waals surface area contributed by atoms with Gasteiger partial charge in [0.25, 0.3) is 0 Å². The van der Waals surface area contributed by atoms with Crippen LogP contribution in [0.3, 0.4) is 0 Å². The quantitative estimate of drug-likeness (QED) is 0.460. The molecule has 0 heterocycles. The second kappa shape index (κ2) is 8.42. The van der Waals surface area contributed by atoms with Gasteiger partial charge in [0.1, 0.15) is 29.0 Å². The Morgan fingerprint density at radius 1 is 1.03 bits per heavy atom. The van der Waals surface area contributed by atoms with Crippen molar-refractivity contribution in [2.75, 3.05) is 0 Å². The molecule has 6 atom stereocenters. The van der Waals surface area contributed by atoms with Crippen LogP contribution in [0.25, 0.3) is 0 Å².